The number of nitriles is 1. The van der Waals surface area contributed by atoms with E-state index in [-0.39, 0.29) is 19.1 Å². The average molecular weight is 303 g/mol. The molecule has 1 aromatic rings. The number of rotatable bonds is 6. The molecule has 1 N–H and O–H groups in total. The number of hydrogen-bond acceptors (Lipinski definition) is 5. The van der Waals surface area contributed by atoms with E-state index < -0.39 is 12.1 Å². The topological polar surface area (TPSA) is 91.7 Å². The summed E-state index contributed by atoms with van der Waals surface area (Å²) in [5.41, 5.74) is 1.28. The Morgan fingerprint density at radius 3 is 3.14 bits per heavy atom. The Kier molecular flexibility index (Phi) is 5.33. The maximum Gasteiger partial charge on any atom is 0.410 e. The van der Waals surface area contributed by atoms with Gasteiger partial charge in [0, 0.05) is 13.7 Å². The normalized spacial score (nSPS) is 17.0. The third-order valence-electron chi connectivity index (χ3n) is 3.29. The van der Waals surface area contributed by atoms with Gasteiger partial charge >= 0.3 is 6.09 Å². The van der Waals surface area contributed by atoms with E-state index in [2.05, 4.69) is 5.32 Å². The first-order valence-electron chi connectivity index (χ1n) is 6.85. The fraction of sp³-hybridized carbons (Fsp3) is 0.400. The monoisotopic (exact) mass is 303 g/mol. The van der Waals surface area contributed by atoms with Crippen LogP contribution in [0.1, 0.15) is 11.1 Å². The minimum atomic E-state index is -0.671. The Morgan fingerprint density at radius 1 is 1.59 bits per heavy atom. The molecule has 0 unspecified atom stereocenters. The molecule has 2 rings (SSSR count). The van der Waals surface area contributed by atoms with E-state index >= 15 is 0 Å². The summed E-state index contributed by atoms with van der Waals surface area (Å²) in [5.74, 6) is -0.278. The predicted octanol–water partition coefficient (Wildman–Crippen LogP) is 0.642. The highest BCUT2D eigenvalue weighted by atomic mass is 16.6. The summed E-state index contributed by atoms with van der Waals surface area (Å²) in [7, 11) is 1.54. The van der Waals surface area contributed by atoms with Gasteiger partial charge in [-0.05, 0) is 17.7 Å². The molecule has 1 atom stereocenters. The van der Waals surface area contributed by atoms with E-state index in [1.54, 1.807) is 31.4 Å². The SMILES string of the molecule is COCCNC(=O)[C@@H]1COC(=O)N1Cc1cccc(C#N)c1. The highest BCUT2D eigenvalue weighted by Gasteiger charge is 2.37. The van der Waals surface area contributed by atoms with Crippen LogP contribution in [0.2, 0.25) is 0 Å². The van der Waals surface area contributed by atoms with Crippen LogP contribution in [0.15, 0.2) is 24.3 Å². The van der Waals surface area contributed by atoms with Crippen molar-refractivity contribution >= 4 is 12.0 Å². The number of ether oxygens (including phenoxy) is 2. The van der Waals surface area contributed by atoms with Gasteiger partial charge in [0.05, 0.1) is 24.8 Å². The zero-order valence-electron chi connectivity index (χ0n) is 12.2. The Morgan fingerprint density at radius 2 is 2.41 bits per heavy atom. The first-order chi connectivity index (χ1) is 10.7. The molecule has 0 aliphatic carbocycles. The fourth-order valence-electron chi connectivity index (χ4n) is 2.17. The van der Waals surface area contributed by atoms with Crippen LogP contribution in [0.5, 0.6) is 0 Å². The van der Waals surface area contributed by atoms with Crippen LogP contribution in [0.4, 0.5) is 4.79 Å². The lowest BCUT2D eigenvalue weighted by molar-refractivity contribution is -0.125. The molecular weight excluding hydrogens is 286 g/mol. The third kappa shape index (κ3) is 3.74. The second kappa shape index (κ2) is 7.43. The van der Waals surface area contributed by atoms with Gasteiger partial charge in [0.1, 0.15) is 12.6 Å². The molecule has 0 bridgehead atoms. The van der Waals surface area contributed by atoms with Crippen molar-refractivity contribution in [1.29, 1.82) is 5.26 Å². The predicted molar refractivity (Wildman–Crippen MR) is 76.7 cm³/mol. The first-order valence-corrected chi connectivity index (χ1v) is 6.85. The van der Waals surface area contributed by atoms with Crippen molar-refractivity contribution < 1.29 is 19.1 Å². The fourth-order valence-corrected chi connectivity index (χ4v) is 2.17. The number of benzene rings is 1. The lowest BCUT2D eigenvalue weighted by Gasteiger charge is -2.20. The van der Waals surface area contributed by atoms with Gasteiger partial charge in [0.25, 0.3) is 0 Å². The number of cyclic esters (lactones) is 1. The molecule has 116 valence electrons. The van der Waals surface area contributed by atoms with Crippen molar-refractivity contribution in [3.8, 4) is 6.07 Å². The van der Waals surface area contributed by atoms with E-state index in [1.165, 1.54) is 4.90 Å². The van der Waals surface area contributed by atoms with E-state index in [4.69, 9.17) is 14.7 Å². The summed E-state index contributed by atoms with van der Waals surface area (Å²) in [4.78, 5) is 25.3. The van der Waals surface area contributed by atoms with Crippen LogP contribution < -0.4 is 5.32 Å². The second-order valence-electron chi connectivity index (χ2n) is 4.82. The third-order valence-corrected chi connectivity index (χ3v) is 3.29. The van der Waals surface area contributed by atoms with Crippen molar-refractivity contribution in [2.75, 3.05) is 26.9 Å². The molecule has 0 spiro atoms. The number of nitrogens with one attached hydrogen (secondary N) is 1. The molecule has 7 nitrogen and oxygen atoms in total. The minimum absolute atomic E-state index is 0.0234. The van der Waals surface area contributed by atoms with E-state index in [0.717, 1.165) is 5.56 Å². The van der Waals surface area contributed by atoms with Gasteiger partial charge < -0.3 is 14.8 Å². The Balaban J connectivity index is 2.04. The van der Waals surface area contributed by atoms with Gasteiger partial charge in [-0.25, -0.2) is 4.79 Å². The second-order valence-corrected chi connectivity index (χ2v) is 4.82. The van der Waals surface area contributed by atoms with Crippen molar-refractivity contribution in [3.63, 3.8) is 0 Å². The zero-order chi connectivity index (χ0) is 15.9. The molecule has 1 heterocycles. The van der Waals surface area contributed by atoms with Gasteiger partial charge in [-0.2, -0.15) is 5.26 Å². The highest BCUT2D eigenvalue weighted by molar-refractivity contribution is 5.87. The summed E-state index contributed by atoms with van der Waals surface area (Å²) in [5, 5.41) is 11.6. The Bertz CT molecular complexity index is 597. The summed E-state index contributed by atoms with van der Waals surface area (Å²) in [6.45, 7) is 1.02. The first kappa shape index (κ1) is 15.8. The lowest BCUT2D eigenvalue weighted by atomic mass is 10.1. The molecule has 1 aliphatic heterocycles. The van der Waals surface area contributed by atoms with Crippen LogP contribution in [-0.4, -0.2) is 49.8 Å². The Labute approximate surface area is 128 Å². The van der Waals surface area contributed by atoms with Gasteiger partial charge in [0.2, 0.25) is 5.91 Å². The molecular formula is C15H17N3O4. The molecule has 1 aliphatic rings. The zero-order valence-corrected chi connectivity index (χ0v) is 12.2. The number of amides is 2. The van der Waals surface area contributed by atoms with Crippen LogP contribution in [-0.2, 0) is 20.8 Å². The quantitative estimate of drug-likeness (QED) is 0.779. The standard InChI is InChI=1S/C15H17N3O4/c1-21-6-5-17-14(19)13-10-22-15(20)18(13)9-12-4-2-3-11(7-12)8-16/h2-4,7,13H,5-6,9-10H2,1H3,(H,17,19)/t13-/m0/s1. The molecule has 22 heavy (non-hydrogen) atoms. The van der Waals surface area contributed by atoms with Crippen molar-refractivity contribution in [3.05, 3.63) is 35.4 Å². The van der Waals surface area contributed by atoms with Crippen LogP contribution in [0.3, 0.4) is 0 Å². The highest BCUT2D eigenvalue weighted by Crippen LogP contribution is 2.17. The summed E-state index contributed by atoms with van der Waals surface area (Å²) >= 11 is 0. The molecule has 0 radical (unpaired) electrons. The average Bonchev–Trinajstić information content (AvgIpc) is 2.89. The van der Waals surface area contributed by atoms with Crippen molar-refractivity contribution in [2.24, 2.45) is 0 Å². The number of hydrogen-bond donors (Lipinski definition) is 1. The Hall–Kier alpha value is -2.59. The van der Waals surface area contributed by atoms with Gasteiger partial charge in [-0.3, -0.25) is 9.69 Å². The molecule has 1 aromatic carbocycles. The van der Waals surface area contributed by atoms with Crippen LogP contribution in [0.25, 0.3) is 0 Å². The van der Waals surface area contributed by atoms with Crippen molar-refractivity contribution in [2.45, 2.75) is 12.6 Å². The lowest BCUT2D eigenvalue weighted by Crippen LogP contribution is -2.46. The van der Waals surface area contributed by atoms with E-state index in [9.17, 15) is 9.59 Å². The smallest absolute Gasteiger partial charge is 0.410 e. The molecule has 0 aromatic heterocycles. The van der Waals surface area contributed by atoms with Gasteiger partial charge in [-0.1, -0.05) is 12.1 Å². The number of carbonyl (C=O) groups excluding carboxylic acids is 2. The molecule has 2 amide bonds. The molecule has 1 saturated heterocycles. The van der Waals surface area contributed by atoms with Crippen LogP contribution in [0, 0.1) is 11.3 Å². The summed E-state index contributed by atoms with van der Waals surface area (Å²) < 4.78 is 9.83. The van der Waals surface area contributed by atoms with E-state index in [1.807, 2.05) is 6.07 Å². The van der Waals surface area contributed by atoms with Crippen LogP contribution >= 0.6 is 0 Å². The number of methoxy groups -OCH3 is 1. The maximum atomic E-state index is 12.1. The van der Waals surface area contributed by atoms with E-state index in [0.29, 0.717) is 18.7 Å². The summed E-state index contributed by atoms with van der Waals surface area (Å²) in [6.07, 6.45) is -0.533. The largest absolute Gasteiger partial charge is 0.447 e. The van der Waals surface area contributed by atoms with Gasteiger partial charge in [0.15, 0.2) is 0 Å². The molecule has 0 saturated carbocycles. The van der Waals surface area contributed by atoms with Crippen molar-refractivity contribution in [1.82, 2.24) is 10.2 Å². The molecule has 7 heteroatoms. The van der Waals surface area contributed by atoms with Gasteiger partial charge in [-0.15, -0.1) is 0 Å². The number of nitrogens with zero attached hydrogens (tertiary/aromatic N) is 2. The maximum absolute atomic E-state index is 12.1. The summed E-state index contributed by atoms with van der Waals surface area (Å²) in [6, 6.07) is 8.28. The number of carbonyl (C=O) groups is 2. The minimum Gasteiger partial charge on any atom is -0.447 e. The molecule has 1 fully saturated rings.